The molecule has 134 valence electrons. The van der Waals surface area contributed by atoms with Gasteiger partial charge in [-0.2, -0.15) is 0 Å². The molecule has 1 aliphatic rings. The molecule has 0 aliphatic carbocycles. The third-order valence-corrected chi connectivity index (χ3v) is 5.85. The number of hydrogen-bond acceptors (Lipinski definition) is 4. The summed E-state index contributed by atoms with van der Waals surface area (Å²) in [5.74, 6) is 0.956. The molecular formula is C22H24N2OS. The molecule has 0 unspecified atom stereocenters. The van der Waals surface area contributed by atoms with Gasteiger partial charge in [0.05, 0.1) is 6.10 Å². The zero-order valence-electron chi connectivity index (χ0n) is 15.2. The van der Waals surface area contributed by atoms with E-state index in [1.807, 2.05) is 11.8 Å². The van der Waals surface area contributed by atoms with Crippen molar-refractivity contribution in [3.63, 3.8) is 0 Å². The average molecular weight is 365 g/mol. The van der Waals surface area contributed by atoms with Gasteiger partial charge in [-0.15, -0.1) is 11.8 Å². The summed E-state index contributed by atoms with van der Waals surface area (Å²) in [5, 5.41) is 6.07. The molecule has 0 amide bonds. The minimum atomic E-state index is -0.00610. The van der Waals surface area contributed by atoms with Crippen LogP contribution in [0.3, 0.4) is 0 Å². The highest BCUT2D eigenvalue weighted by molar-refractivity contribution is 7.99. The van der Waals surface area contributed by atoms with Gasteiger partial charge in [0.25, 0.3) is 0 Å². The third-order valence-electron chi connectivity index (χ3n) is 4.73. The van der Waals surface area contributed by atoms with Gasteiger partial charge < -0.3 is 9.64 Å². The van der Waals surface area contributed by atoms with Crippen LogP contribution in [0.1, 0.15) is 11.8 Å². The maximum Gasteiger partial charge on any atom is 0.134 e. The second kappa shape index (κ2) is 7.70. The van der Waals surface area contributed by atoms with Crippen LogP contribution in [-0.2, 0) is 4.74 Å². The zero-order valence-corrected chi connectivity index (χ0v) is 16.0. The molecule has 0 saturated carbocycles. The van der Waals surface area contributed by atoms with Crippen LogP contribution < -0.4 is 10.2 Å². The highest BCUT2D eigenvalue weighted by Crippen LogP contribution is 2.28. The molecule has 1 aliphatic heterocycles. The van der Waals surface area contributed by atoms with E-state index in [2.05, 4.69) is 91.0 Å². The molecule has 1 saturated heterocycles. The number of nitrogens with zero attached hydrogens (tertiary/aromatic N) is 1. The van der Waals surface area contributed by atoms with Crippen molar-refractivity contribution < 1.29 is 4.74 Å². The largest absolute Gasteiger partial charge is 0.378 e. The lowest BCUT2D eigenvalue weighted by atomic mass is 10.1. The van der Waals surface area contributed by atoms with E-state index in [4.69, 9.17) is 4.74 Å². The van der Waals surface area contributed by atoms with Crippen molar-refractivity contribution in [3.8, 4) is 0 Å². The zero-order chi connectivity index (χ0) is 17.9. The van der Waals surface area contributed by atoms with Crippen molar-refractivity contribution in [1.29, 1.82) is 0 Å². The number of anilines is 1. The number of hydrogen-bond donors (Lipinski definition) is 1. The first kappa shape index (κ1) is 17.4. The van der Waals surface area contributed by atoms with Crippen molar-refractivity contribution in [3.05, 3.63) is 72.3 Å². The summed E-state index contributed by atoms with van der Waals surface area (Å²) in [5.41, 5.74) is 2.39. The summed E-state index contributed by atoms with van der Waals surface area (Å²) >= 11 is 1.86. The van der Waals surface area contributed by atoms with E-state index in [-0.39, 0.29) is 12.3 Å². The molecule has 4 rings (SSSR count). The molecule has 2 atom stereocenters. The van der Waals surface area contributed by atoms with Crippen LogP contribution in [0, 0.1) is 0 Å². The van der Waals surface area contributed by atoms with E-state index in [9.17, 15) is 0 Å². The highest BCUT2D eigenvalue weighted by Gasteiger charge is 2.25. The van der Waals surface area contributed by atoms with Crippen LogP contribution >= 0.6 is 11.8 Å². The second-order valence-electron chi connectivity index (χ2n) is 6.85. The Balaban J connectivity index is 1.35. The van der Waals surface area contributed by atoms with Crippen molar-refractivity contribution in [1.82, 2.24) is 5.32 Å². The fraction of sp³-hybridized carbons (Fsp3) is 0.273. The molecule has 1 fully saturated rings. The van der Waals surface area contributed by atoms with Gasteiger partial charge in [-0.1, -0.05) is 42.5 Å². The van der Waals surface area contributed by atoms with E-state index in [0.29, 0.717) is 0 Å². The molecule has 3 aromatic rings. The summed E-state index contributed by atoms with van der Waals surface area (Å²) in [7, 11) is 4.11. The van der Waals surface area contributed by atoms with Gasteiger partial charge in [0.2, 0.25) is 0 Å². The van der Waals surface area contributed by atoms with E-state index in [0.717, 1.165) is 12.3 Å². The van der Waals surface area contributed by atoms with Crippen LogP contribution in [0.2, 0.25) is 0 Å². The minimum absolute atomic E-state index is 0.00610. The number of ether oxygens (including phenoxy) is 1. The summed E-state index contributed by atoms with van der Waals surface area (Å²) in [4.78, 5) is 3.40. The maximum absolute atomic E-state index is 6.21. The molecule has 1 N–H and O–H groups in total. The molecule has 0 spiro atoms. The Kier molecular flexibility index (Phi) is 5.16. The third kappa shape index (κ3) is 3.88. The summed E-state index contributed by atoms with van der Waals surface area (Å²) < 4.78 is 6.21. The predicted molar refractivity (Wildman–Crippen MR) is 111 cm³/mol. The van der Waals surface area contributed by atoms with Crippen molar-refractivity contribution in [2.45, 2.75) is 17.2 Å². The van der Waals surface area contributed by atoms with E-state index < -0.39 is 0 Å². The molecule has 3 aromatic carbocycles. The van der Waals surface area contributed by atoms with Gasteiger partial charge in [-0.25, -0.2) is 0 Å². The lowest BCUT2D eigenvalue weighted by molar-refractivity contribution is 0.0535. The van der Waals surface area contributed by atoms with E-state index >= 15 is 0 Å². The second-order valence-corrected chi connectivity index (χ2v) is 7.95. The number of fused-ring (bicyclic) bond motifs is 1. The summed E-state index contributed by atoms with van der Waals surface area (Å²) in [6.07, 6.45) is 0.221. The van der Waals surface area contributed by atoms with Crippen LogP contribution in [0.4, 0.5) is 5.69 Å². The predicted octanol–water partition coefficient (Wildman–Crippen LogP) is 4.69. The Bertz CT molecular complexity index is 879. The number of benzene rings is 3. The maximum atomic E-state index is 6.21. The summed E-state index contributed by atoms with van der Waals surface area (Å²) in [6, 6.07) is 23.7. The van der Waals surface area contributed by atoms with Crippen molar-refractivity contribution in [2.75, 3.05) is 31.3 Å². The number of rotatable bonds is 5. The molecular weight excluding hydrogens is 340 g/mol. The Morgan fingerprint density at radius 1 is 1.00 bits per heavy atom. The standard InChI is InChI=1S/C22H24N2OS/c1-24(2)19-10-7-17(8-11-19)22-23-14-20(25-22)15-26-21-12-9-16-5-3-4-6-18(16)13-21/h3-13,20,22-23H,14-15H2,1-2H3/t20-,22-/m1/s1. The van der Waals surface area contributed by atoms with Crippen molar-refractivity contribution in [2.24, 2.45) is 0 Å². The van der Waals surface area contributed by atoms with Crippen LogP contribution in [-0.4, -0.2) is 32.5 Å². The van der Waals surface area contributed by atoms with Gasteiger partial charge in [-0.05, 0) is 40.6 Å². The Morgan fingerprint density at radius 3 is 2.54 bits per heavy atom. The van der Waals surface area contributed by atoms with Gasteiger partial charge >= 0.3 is 0 Å². The Morgan fingerprint density at radius 2 is 1.77 bits per heavy atom. The fourth-order valence-electron chi connectivity index (χ4n) is 3.22. The average Bonchev–Trinajstić information content (AvgIpc) is 3.15. The van der Waals surface area contributed by atoms with Gasteiger partial charge in [-0.3, -0.25) is 5.32 Å². The highest BCUT2D eigenvalue weighted by atomic mass is 32.2. The molecule has 0 bridgehead atoms. The Labute approximate surface area is 159 Å². The van der Waals surface area contributed by atoms with Gasteiger partial charge in [0, 0.05) is 37.0 Å². The monoisotopic (exact) mass is 364 g/mol. The summed E-state index contributed by atoms with van der Waals surface area (Å²) in [6.45, 7) is 0.890. The first-order valence-corrected chi connectivity index (χ1v) is 9.95. The molecule has 0 radical (unpaired) electrons. The molecule has 1 heterocycles. The quantitative estimate of drug-likeness (QED) is 0.664. The van der Waals surface area contributed by atoms with Gasteiger partial charge in [0.15, 0.2) is 0 Å². The molecule has 3 nitrogen and oxygen atoms in total. The fourth-order valence-corrected chi connectivity index (χ4v) is 4.16. The lowest BCUT2D eigenvalue weighted by Gasteiger charge is -2.16. The van der Waals surface area contributed by atoms with Crippen molar-refractivity contribution >= 4 is 28.2 Å². The topological polar surface area (TPSA) is 24.5 Å². The number of thioether (sulfide) groups is 1. The van der Waals surface area contributed by atoms with E-state index in [1.165, 1.54) is 26.9 Å². The first-order valence-electron chi connectivity index (χ1n) is 8.97. The molecule has 26 heavy (non-hydrogen) atoms. The van der Waals surface area contributed by atoms with Crippen LogP contribution in [0.5, 0.6) is 0 Å². The Hall–Kier alpha value is -2.01. The molecule has 0 aromatic heterocycles. The van der Waals surface area contributed by atoms with Gasteiger partial charge in [0.1, 0.15) is 6.23 Å². The lowest BCUT2D eigenvalue weighted by Crippen LogP contribution is -2.16. The molecule has 4 heteroatoms. The van der Waals surface area contributed by atoms with E-state index in [1.54, 1.807) is 0 Å². The normalized spacial score (nSPS) is 19.8. The van der Waals surface area contributed by atoms with Crippen LogP contribution in [0.15, 0.2) is 71.6 Å². The minimum Gasteiger partial charge on any atom is -0.378 e. The number of nitrogens with one attached hydrogen (secondary N) is 1. The SMILES string of the molecule is CN(C)c1ccc([C@@H]2NC[C@H](CSc3ccc4ccccc4c3)O2)cc1. The van der Waals surface area contributed by atoms with Crippen LogP contribution in [0.25, 0.3) is 10.8 Å². The smallest absolute Gasteiger partial charge is 0.134 e. The first-order chi connectivity index (χ1) is 12.7.